The highest BCUT2D eigenvalue weighted by molar-refractivity contribution is 5.90. The number of allylic oxidation sites excluding steroid dienone is 1. The van der Waals surface area contributed by atoms with Gasteiger partial charge in [0.05, 0.1) is 5.54 Å². The zero-order chi connectivity index (χ0) is 14.3. The van der Waals surface area contributed by atoms with Crippen molar-refractivity contribution in [2.24, 2.45) is 0 Å². The molecule has 1 aliphatic rings. The van der Waals surface area contributed by atoms with E-state index in [9.17, 15) is 4.79 Å². The number of nitrogens with one attached hydrogen (secondary N) is 1. The third kappa shape index (κ3) is 1.91. The molecule has 0 fully saturated rings. The number of rotatable bonds is 2. The van der Waals surface area contributed by atoms with Crippen molar-refractivity contribution in [1.82, 2.24) is 10.3 Å². The molecule has 1 aromatic heterocycles. The molecule has 1 unspecified atom stereocenters. The van der Waals surface area contributed by atoms with Crippen LogP contribution in [0.3, 0.4) is 0 Å². The Morgan fingerprint density at radius 2 is 2.16 bits per heavy atom. The molecule has 0 saturated heterocycles. The minimum atomic E-state index is -0.757. The molecular weight excluding hydrogens is 238 g/mol. The van der Waals surface area contributed by atoms with E-state index < -0.39 is 11.0 Å². The molecule has 98 valence electrons. The van der Waals surface area contributed by atoms with Gasteiger partial charge in [0, 0.05) is 5.56 Å². The first-order valence-electron chi connectivity index (χ1n) is 6.18. The second-order valence-electron chi connectivity index (χ2n) is 5.58. The van der Waals surface area contributed by atoms with E-state index in [1.165, 1.54) is 0 Å². The van der Waals surface area contributed by atoms with Crippen molar-refractivity contribution in [3.8, 4) is 0 Å². The minimum Gasteiger partial charge on any atom is -0.361 e. The van der Waals surface area contributed by atoms with Crippen molar-refractivity contribution in [3.63, 3.8) is 0 Å². The van der Waals surface area contributed by atoms with Crippen LogP contribution in [0.15, 0.2) is 24.8 Å². The van der Waals surface area contributed by atoms with Crippen molar-refractivity contribution >= 4 is 11.7 Å². The second kappa shape index (κ2) is 4.20. The maximum absolute atomic E-state index is 12.4. The Morgan fingerprint density at radius 3 is 2.74 bits per heavy atom. The number of pyridine rings is 1. The molecule has 0 radical (unpaired) electrons. The predicted octanol–water partition coefficient (Wildman–Crippen LogP) is 2.83. The molecule has 0 aromatic carbocycles. The van der Waals surface area contributed by atoms with Crippen LogP contribution in [0.25, 0.3) is 4.85 Å². The zero-order valence-corrected chi connectivity index (χ0v) is 11.4. The molecule has 0 aliphatic carbocycles. The lowest BCUT2D eigenvalue weighted by molar-refractivity contribution is -0.129. The normalized spacial score (nSPS) is 24.0. The van der Waals surface area contributed by atoms with Gasteiger partial charge in [0.2, 0.25) is 5.91 Å². The lowest BCUT2D eigenvalue weighted by atomic mass is 9.72. The van der Waals surface area contributed by atoms with E-state index in [1.807, 2.05) is 26.8 Å². The third-order valence-electron chi connectivity index (χ3n) is 3.67. The Bertz CT molecular complexity index is 598. The summed E-state index contributed by atoms with van der Waals surface area (Å²) in [5, 5.41) is 3.02. The number of amides is 1. The van der Waals surface area contributed by atoms with Crippen LogP contribution in [0, 0.1) is 6.57 Å². The van der Waals surface area contributed by atoms with Gasteiger partial charge < -0.3 is 10.2 Å². The molecule has 4 nitrogen and oxygen atoms in total. The van der Waals surface area contributed by atoms with Gasteiger partial charge in [-0.3, -0.25) is 4.79 Å². The van der Waals surface area contributed by atoms with Crippen LogP contribution in [-0.4, -0.2) is 10.9 Å². The molecular formula is C15H17N3O. The summed E-state index contributed by atoms with van der Waals surface area (Å²) in [6.07, 6.45) is 2.21. The molecule has 0 saturated carbocycles. The lowest BCUT2D eigenvalue weighted by Gasteiger charge is -2.40. The van der Waals surface area contributed by atoms with E-state index in [4.69, 9.17) is 6.57 Å². The molecule has 0 bridgehead atoms. The molecule has 1 aliphatic heterocycles. The Labute approximate surface area is 113 Å². The molecule has 1 atom stereocenters. The number of carbonyl (C=O) groups excluding carboxylic acids is 1. The summed E-state index contributed by atoms with van der Waals surface area (Å²) in [6.45, 7) is 16.5. The van der Waals surface area contributed by atoms with E-state index in [-0.39, 0.29) is 5.91 Å². The summed E-state index contributed by atoms with van der Waals surface area (Å²) in [4.78, 5) is 20.2. The van der Waals surface area contributed by atoms with Crippen molar-refractivity contribution in [1.29, 1.82) is 0 Å². The highest BCUT2D eigenvalue weighted by Crippen LogP contribution is 2.40. The van der Waals surface area contributed by atoms with Crippen molar-refractivity contribution < 1.29 is 4.79 Å². The standard InChI is InChI=1S/C15H17N3O/c1-6-9-15(4)12-10(7-8-11(16-5)17-12)14(2,3)18-13(15)19/h6-8H,1,9H2,2-4H3,(H,18,19). The average Bonchev–Trinajstić information content (AvgIpc) is 2.36. The van der Waals surface area contributed by atoms with Gasteiger partial charge in [0.1, 0.15) is 5.41 Å². The van der Waals surface area contributed by atoms with Gasteiger partial charge in [0.15, 0.2) is 5.69 Å². The monoisotopic (exact) mass is 255 g/mol. The molecule has 4 heteroatoms. The van der Waals surface area contributed by atoms with E-state index in [1.54, 1.807) is 12.1 Å². The Morgan fingerprint density at radius 1 is 1.47 bits per heavy atom. The molecule has 1 aromatic rings. The summed E-state index contributed by atoms with van der Waals surface area (Å²) >= 11 is 0. The number of aromatic nitrogens is 1. The van der Waals surface area contributed by atoms with Crippen LogP contribution in [0.2, 0.25) is 0 Å². The fourth-order valence-corrected chi connectivity index (χ4v) is 2.51. The number of fused-ring (bicyclic) bond motifs is 1. The molecule has 19 heavy (non-hydrogen) atoms. The highest BCUT2D eigenvalue weighted by Gasteiger charge is 2.48. The Hall–Kier alpha value is -2.15. The summed E-state index contributed by atoms with van der Waals surface area (Å²) in [5.74, 6) is 0.249. The van der Waals surface area contributed by atoms with E-state index >= 15 is 0 Å². The first-order valence-corrected chi connectivity index (χ1v) is 6.18. The topological polar surface area (TPSA) is 46.4 Å². The molecule has 1 N–H and O–H groups in total. The summed E-state index contributed by atoms with van der Waals surface area (Å²) in [5.41, 5.74) is 0.423. The number of nitrogens with zero attached hydrogens (tertiary/aromatic N) is 2. The quantitative estimate of drug-likeness (QED) is 0.652. The van der Waals surface area contributed by atoms with E-state index in [2.05, 4.69) is 21.7 Å². The smallest absolute Gasteiger partial charge is 0.269 e. The van der Waals surface area contributed by atoms with Gasteiger partial charge in [-0.05, 0) is 33.3 Å². The van der Waals surface area contributed by atoms with E-state index in [0.717, 1.165) is 5.56 Å². The van der Waals surface area contributed by atoms with Gasteiger partial charge in [-0.1, -0.05) is 18.7 Å². The van der Waals surface area contributed by atoms with Crippen LogP contribution in [0.1, 0.15) is 38.4 Å². The van der Waals surface area contributed by atoms with Crippen molar-refractivity contribution in [3.05, 3.63) is 47.5 Å². The molecule has 2 heterocycles. The molecule has 1 amide bonds. The maximum Gasteiger partial charge on any atom is 0.269 e. The summed E-state index contributed by atoms with van der Waals surface area (Å²) < 4.78 is 0. The second-order valence-corrected chi connectivity index (χ2v) is 5.58. The Kier molecular flexibility index (Phi) is 2.94. The van der Waals surface area contributed by atoms with Crippen LogP contribution in [-0.2, 0) is 15.7 Å². The molecule has 0 spiro atoms. The summed E-state index contributed by atoms with van der Waals surface area (Å²) in [6, 6.07) is 3.58. The number of carbonyl (C=O) groups is 1. The van der Waals surface area contributed by atoms with Crippen LogP contribution >= 0.6 is 0 Å². The number of hydrogen-bond acceptors (Lipinski definition) is 2. The molecule has 2 rings (SSSR count). The highest BCUT2D eigenvalue weighted by atomic mass is 16.2. The van der Waals surface area contributed by atoms with Crippen molar-refractivity contribution in [2.45, 2.75) is 38.1 Å². The first-order chi connectivity index (χ1) is 8.85. The first kappa shape index (κ1) is 13.3. The lowest BCUT2D eigenvalue weighted by Crippen LogP contribution is -2.56. The van der Waals surface area contributed by atoms with Crippen LogP contribution in [0.4, 0.5) is 5.82 Å². The zero-order valence-electron chi connectivity index (χ0n) is 11.4. The van der Waals surface area contributed by atoms with Crippen molar-refractivity contribution in [2.75, 3.05) is 0 Å². The van der Waals surface area contributed by atoms with Gasteiger partial charge in [0.25, 0.3) is 5.82 Å². The fourth-order valence-electron chi connectivity index (χ4n) is 2.51. The fraction of sp³-hybridized carbons (Fsp3) is 0.400. The van der Waals surface area contributed by atoms with Crippen LogP contribution in [0.5, 0.6) is 0 Å². The van der Waals surface area contributed by atoms with Gasteiger partial charge in [-0.15, -0.1) is 11.6 Å². The third-order valence-corrected chi connectivity index (χ3v) is 3.67. The minimum absolute atomic E-state index is 0.0699. The van der Waals surface area contributed by atoms with Gasteiger partial charge >= 0.3 is 0 Å². The van der Waals surface area contributed by atoms with Gasteiger partial charge in [-0.2, -0.15) is 0 Å². The summed E-state index contributed by atoms with van der Waals surface area (Å²) in [7, 11) is 0. The van der Waals surface area contributed by atoms with Gasteiger partial charge in [-0.25, -0.2) is 0 Å². The predicted molar refractivity (Wildman–Crippen MR) is 73.8 cm³/mol. The van der Waals surface area contributed by atoms with E-state index in [0.29, 0.717) is 17.9 Å². The SMILES string of the molecule is [C-]#[N+]c1ccc2c(n1)C(C)(CC=C)C(=O)NC2(C)C. The number of hydrogen-bond donors (Lipinski definition) is 1. The largest absolute Gasteiger partial charge is 0.361 e. The Balaban J connectivity index is 2.73. The maximum atomic E-state index is 12.4. The average molecular weight is 255 g/mol. The van der Waals surface area contributed by atoms with Crippen LogP contribution < -0.4 is 5.32 Å².